The van der Waals surface area contributed by atoms with E-state index in [1.807, 2.05) is 42.3 Å². The van der Waals surface area contributed by atoms with Crippen molar-refractivity contribution in [1.29, 1.82) is 0 Å². The predicted molar refractivity (Wildman–Crippen MR) is 67.3 cm³/mol. The van der Waals surface area contributed by atoms with E-state index in [1.165, 1.54) is 6.92 Å². The Morgan fingerprint density at radius 3 is 2.44 bits per heavy atom. The monoisotopic (exact) mass is 251 g/mol. The number of rotatable bonds is 6. The zero-order valence-electron chi connectivity index (χ0n) is 10.6. The van der Waals surface area contributed by atoms with Crippen LogP contribution < -0.4 is 4.90 Å². The Hall–Kier alpha value is -2.04. The minimum absolute atomic E-state index is 0.255. The lowest BCUT2D eigenvalue weighted by molar-refractivity contribution is -0.157. The highest BCUT2D eigenvalue weighted by Gasteiger charge is 2.06. The third-order valence-corrected chi connectivity index (χ3v) is 2.28. The van der Waals surface area contributed by atoms with Gasteiger partial charge in [0.05, 0.1) is 6.54 Å². The van der Waals surface area contributed by atoms with E-state index in [0.29, 0.717) is 6.54 Å². The Labute approximate surface area is 106 Å². The molecular formula is C13H17NO4. The van der Waals surface area contributed by atoms with Crippen molar-refractivity contribution in [2.45, 2.75) is 6.92 Å². The van der Waals surface area contributed by atoms with Crippen LogP contribution in [0.25, 0.3) is 0 Å². The molecule has 5 heteroatoms. The number of benzene rings is 1. The van der Waals surface area contributed by atoms with Crippen molar-refractivity contribution in [2.24, 2.45) is 0 Å². The van der Waals surface area contributed by atoms with E-state index in [-0.39, 0.29) is 13.2 Å². The average molecular weight is 251 g/mol. The largest absolute Gasteiger partial charge is 0.461 e. The SMILES string of the molecule is CC(=O)OCC(=O)OCCN(C)c1ccccc1. The first-order chi connectivity index (χ1) is 8.59. The van der Waals surface area contributed by atoms with Crippen LogP contribution in [-0.2, 0) is 19.1 Å². The Kier molecular flexibility index (Phi) is 5.70. The highest BCUT2D eigenvalue weighted by Crippen LogP contribution is 2.09. The van der Waals surface area contributed by atoms with Crippen LogP contribution in [0.5, 0.6) is 0 Å². The maximum Gasteiger partial charge on any atom is 0.344 e. The molecule has 0 aromatic heterocycles. The zero-order valence-corrected chi connectivity index (χ0v) is 10.6. The van der Waals surface area contributed by atoms with Crippen molar-refractivity contribution >= 4 is 17.6 Å². The molecule has 0 spiro atoms. The van der Waals surface area contributed by atoms with Crippen molar-refractivity contribution in [3.05, 3.63) is 30.3 Å². The first-order valence-corrected chi connectivity index (χ1v) is 5.65. The summed E-state index contributed by atoms with van der Waals surface area (Å²) in [6, 6.07) is 9.77. The van der Waals surface area contributed by atoms with Crippen LogP contribution in [0.2, 0.25) is 0 Å². The van der Waals surface area contributed by atoms with E-state index in [1.54, 1.807) is 0 Å². The maximum atomic E-state index is 11.1. The minimum Gasteiger partial charge on any atom is -0.461 e. The van der Waals surface area contributed by atoms with E-state index in [2.05, 4.69) is 4.74 Å². The third-order valence-electron chi connectivity index (χ3n) is 2.28. The van der Waals surface area contributed by atoms with Crippen molar-refractivity contribution in [1.82, 2.24) is 0 Å². The summed E-state index contributed by atoms with van der Waals surface area (Å²) in [5.41, 5.74) is 1.05. The van der Waals surface area contributed by atoms with Crippen LogP contribution in [0.1, 0.15) is 6.92 Å². The molecule has 0 N–H and O–H groups in total. The molecule has 0 fully saturated rings. The quantitative estimate of drug-likeness (QED) is 0.712. The van der Waals surface area contributed by atoms with Gasteiger partial charge in [0.15, 0.2) is 6.61 Å². The Bertz CT molecular complexity index is 391. The van der Waals surface area contributed by atoms with Crippen molar-refractivity contribution in [3.63, 3.8) is 0 Å². The number of carbonyl (C=O) groups excluding carboxylic acids is 2. The molecule has 1 rings (SSSR count). The fourth-order valence-electron chi connectivity index (χ4n) is 1.31. The molecule has 0 radical (unpaired) electrons. The number of carbonyl (C=O) groups is 2. The van der Waals surface area contributed by atoms with Crippen LogP contribution in [0.4, 0.5) is 5.69 Å². The molecule has 0 amide bonds. The van der Waals surface area contributed by atoms with Gasteiger partial charge in [0.2, 0.25) is 0 Å². The molecule has 98 valence electrons. The Morgan fingerprint density at radius 2 is 1.83 bits per heavy atom. The lowest BCUT2D eigenvalue weighted by Gasteiger charge is -2.18. The van der Waals surface area contributed by atoms with E-state index >= 15 is 0 Å². The molecule has 0 saturated heterocycles. The molecule has 0 unspecified atom stereocenters. The van der Waals surface area contributed by atoms with E-state index in [9.17, 15) is 9.59 Å². The molecule has 0 heterocycles. The summed E-state index contributed by atoms with van der Waals surface area (Å²) in [6.07, 6.45) is 0. The summed E-state index contributed by atoms with van der Waals surface area (Å²) >= 11 is 0. The van der Waals surface area contributed by atoms with Gasteiger partial charge in [-0.2, -0.15) is 0 Å². The van der Waals surface area contributed by atoms with Gasteiger partial charge < -0.3 is 14.4 Å². The van der Waals surface area contributed by atoms with Gasteiger partial charge in [0, 0.05) is 19.7 Å². The number of esters is 2. The van der Waals surface area contributed by atoms with Gasteiger partial charge in [-0.05, 0) is 12.1 Å². The standard InChI is InChI=1S/C13H17NO4/c1-11(15)18-10-13(16)17-9-8-14(2)12-6-4-3-5-7-12/h3-7H,8-10H2,1-2H3. The number of ether oxygens (including phenoxy) is 2. The van der Waals surface area contributed by atoms with Gasteiger partial charge in [-0.1, -0.05) is 18.2 Å². The van der Waals surface area contributed by atoms with Crippen molar-refractivity contribution in [2.75, 3.05) is 31.7 Å². The summed E-state index contributed by atoms with van der Waals surface area (Å²) in [5.74, 6) is -1.03. The second-order valence-corrected chi connectivity index (χ2v) is 3.76. The van der Waals surface area contributed by atoms with Crippen LogP contribution >= 0.6 is 0 Å². The molecular weight excluding hydrogens is 234 g/mol. The second-order valence-electron chi connectivity index (χ2n) is 3.76. The van der Waals surface area contributed by atoms with Gasteiger partial charge in [-0.3, -0.25) is 4.79 Å². The number of nitrogens with zero attached hydrogens (tertiary/aromatic N) is 1. The fraction of sp³-hybridized carbons (Fsp3) is 0.385. The minimum atomic E-state index is -0.535. The second kappa shape index (κ2) is 7.32. The number of anilines is 1. The molecule has 0 aliphatic rings. The molecule has 0 aliphatic carbocycles. The van der Waals surface area contributed by atoms with E-state index in [4.69, 9.17) is 4.74 Å². The third kappa shape index (κ3) is 5.34. The number of para-hydroxylation sites is 1. The lowest BCUT2D eigenvalue weighted by atomic mass is 10.3. The van der Waals surface area contributed by atoms with Crippen molar-refractivity contribution in [3.8, 4) is 0 Å². The van der Waals surface area contributed by atoms with Crippen LogP contribution in [0.15, 0.2) is 30.3 Å². The molecule has 0 aliphatic heterocycles. The van der Waals surface area contributed by atoms with Gasteiger partial charge in [-0.25, -0.2) is 4.79 Å². The predicted octanol–water partition coefficient (Wildman–Crippen LogP) is 1.23. The number of likely N-dealkylation sites (N-methyl/N-ethyl adjacent to an activating group) is 1. The first-order valence-electron chi connectivity index (χ1n) is 5.65. The Balaban J connectivity index is 2.21. The normalized spacial score (nSPS) is 9.67. The topological polar surface area (TPSA) is 55.8 Å². The maximum absolute atomic E-state index is 11.1. The summed E-state index contributed by atoms with van der Waals surface area (Å²) in [7, 11) is 1.91. The molecule has 0 bridgehead atoms. The Morgan fingerprint density at radius 1 is 1.17 bits per heavy atom. The van der Waals surface area contributed by atoms with Crippen LogP contribution in [-0.4, -0.2) is 38.7 Å². The van der Waals surface area contributed by atoms with Gasteiger partial charge in [-0.15, -0.1) is 0 Å². The van der Waals surface area contributed by atoms with Gasteiger partial charge in [0.25, 0.3) is 0 Å². The number of hydrogen-bond donors (Lipinski definition) is 0. The summed E-state index contributed by atoms with van der Waals surface area (Å²) in [6.45, 7) is 1.75. The van der Waals surface area contributed by atoms with E-state index in [0.717, 1.165) is 5.69 Å². The van der Waals surface area contributed by atoms with Crippen LogP contribution in [0, 0.1) is 0 Å². The zero-order chi connectivity index (χ0) is 13.4. The average Bonchev–Trinajstić information content (AvgIpc) is 2.37. The van der Waals surface area contributed by atoms with Crippen LogP contribution in [0.3, 0.4) is 0 Å². The molecule has 1 aromatic carbocycles. The lowest BCUT2D eigenvalue weighted by Crippen LogP contribution is -2.25. The smallest absolute Gasteiger partial charge is 0.344 e. The summed E-state index contributed by atoms with van der Waals surface area (Å²) < 4.78 is 9.45. The fourth-order valence-corrected chi connectivity index (χ4v) is 1.31. The van der Waals surface area contributed by atoms with Crippen molar-refractivity contribution < 1.29 is 19.1 Å². The molecule has 18 heavy (non-hydrogen) atoms. The van der Waals surface area contributed by atoms with Gasteiger partial charge in [0.1, 0.15) is 6.61 Å². The first kappa shape index (κ1) is 14.0. The summed E-state index contributed by atoms with van der Waals surface area (Å²) in [4.78, 5) is 23.6. The van der Waals surface area contributed by atoms with Gasteiger partial charge >= 0.3 is 11.9 Å². The number of hydrogen-bond acceptors (Lipinski definition) is 5. The molecule has 1 aromatic rings. The molecule has 0 saturated carbocycles. The molecule has 5 nitrogen and oxygen atoms in total. The highest BCUT2D eigenvalue weighted by atomic mass is 16.6. The van der Waals surface area contributed by atoms with E-state index < -0.39 is 11.9 Å². The summed E-state index contributed by atoms with van der Waals surface area (Å²) in [5, 5.41) is 0. The molecule has 0 atom stereocenters. The highest BCUT2D eigenvalue weighted by molar-refractivity contribution is 5.75.